The van der Waals surface area contributed by atoms with Crippen LogP contribution in [0.4, 0.5) is 0 Å². The van der Waals surface area contributed by atoms with Gasteiger partial charge < -0.3 is 33.4 Å². The van der Waals surface area contributed by atoms with E-state index in [9.17, 15) is 0 Å². The van der Waals surface area contributed by atoms with Crippen LogP contribution in [0.5, 0.6) is 0 Å². The van der Waals surface area contributed by atoms with Gasteiger partial charge in [-0.25, -0.2) is 0 Å². The molecule has 0 saturated carbocycles. The Morgan fingerprint density at radius 3 is 1.20 bits per heavy atom. The van der Waals surface area contributed by atoms with Crippen LogP contribution in [-0.2, 0) is 39.3 Å². The van der Waals surface area contributed by atoms with E-state index < -0.39 is 0 Å². The Morgan fingerprint density at radius 2 is 1.20 bits per heavy atom. The number of hydrogen-bond acceptors (Lipinski definition) is 0. The molecule has 10 heavy (non-hydrogen) atoms. The maximum atomic E-state index is 3.69. The molecule has 6 N–H and O–H groups in total. The molecule has 0 aliphatic carbocycles. The number of quaternary nitrogens is 2. The second kappa shape index (κ2) is 34.7. The average molecular weight is 192 g/mol. The Labute approximate surface area is 70.9 Å². The summed E-state index contributed by atoms with van der Waals surface area (Å²) in [6.45, 7) is 2.99. The summed E-state index contributed by atoms with van der Waals surface area (Å²) < 4.78 is 0. The smallest absolute Gasteiger partial charge is 2.00 e. The van der Waals surface area contributed by atoms with E-state index >= 15 is 0 Å². The van der Waals surface area contributed by atoms with Crippen LogP contribution in [0.25, 0.3) is 0 Å². The second-order valence-corrected chi connectivity index (χ2v) is 1.39. The van der Waals surface area contributed by atoms with Gasteiger partial charge in [-0.3, -0.25) is 0 Å². The van der Waals surface area contributed by atoms with Gasteiger partial charge in [0.25, 0.3) is 0 Å². The van der Waals surface area contributed by atoms with Crippen LogP contribution in [0.1, 0.15) is 6.92 Å². The fourth-order valence-corrected chi connectivity index (χ4v) is 0. The summed E-state index contributed by atoms with van der Waals surface area (Å²) in [4.78, 5) is 0. The van der Waals surface area contributed by atoms with E-state index in [1.54, 1.807) is 0 Å². The first-order valence-corrected chi connectivity index (χ1v) is 1.89. The zero-order chi connectivity index (χ0) is 4.28. The molecule has 0 aliphatic rings. The fraction of sp³-hybridized carbons (Fsp3) is 1.00. The molecule has 0 aromatic carbocycles. The van der Waals surface area contributed by atoms with Gasteiger partial charge in [0.1, 0.15) is 12.6 Å². The first kappa shape index (κ1) is 48.2. The Morgan fingerprint density at radius 1 is 1.10 bits per heavy atom. The van der Waals surface area contributed by atoms with Gasteiger partial charge in [-0.15, -0.1) is 0 Å². The topological polar surface area (TPSA) is 169 Å². The van der Waals surface area contributed by atoms with Gasteiger partial charge in [0.2, 0.25) is 0 Å². The Balaban J connectivity index is -0.00000000800. The Bertz CT molecular complexity index is 32.5. The molecule has 0 aliphatic heterocycles. The number of hydrogen-bond donors (Lipinski definition) is 2. The summed E-state index contributed by atoms with van der Waals surface area (Å²) in [5.41, 5.74) is 7.32. The predicted octanol–water partition coefficient (Wildman–Crippen LogP) is -2.62. The van der Waals surface area contributed by atoms with Crippen LogP contribution in [0.2, 0.25) is 0 Å². The molecule has 7 heteroatoms. The van der Waals surface area contributed by atoms with Crippen molar-refractivity contribution in [1.29, 1.82) is 0 Å². The summed E-state index contributed by atoms with van der Waals surface area (Å²) in [6, 6.07) is 0.523. The first-order valence-electron chi connectivity index (χ1n) is 1.89. The maximum Gasteiger partial charge on any atom is 6.00 e. The molecule has 0 saturated heterocycles. The second-order valence-electron chi connectivity index (χ2n) is 1.39. The Kier molecular flexibility index (Phi) is 167. The summed E-state index contributed by atoms with van der Waals surface area (Å²) in [7, 11) is 0. The van der Waals surface area contributed by atoms with Crippen LogP contribution in [0, 0.1) is 0 Å². The van der Waals surface area contributed by atoms with E-state index in [1.807, 2.05) is 6.92 Å². The van der Waals surface area contributed by atoms with Crippen molar-refractivity contribution in [3.63, 3.8) is 0 Å². The first-order chi connectivity index (χ1) is 2.27. The molecule has 6 nitrogen and oxygen atoms in total. The molecule has 0 aromatic rings. The zero-order valence-corrected chi connectivity index (χ0v) is 7.01. The van der Waals surface area contributed by atoms with Crippen molar-refractivity contribution in [3.8, 4) is 0 Å². The SMILES string of the molecule is C[C@H]([NH3+])C[NH3+].[Cr+6].[O-2].[O-2].[O-2].[O-2]. The predicted molar refractivity (Wildman–Crippen MR) is 22.9 cm³/mol. The van der Waals surface area contributed by atoms with E-state index in [0.717, 1.165) is 6.54 Å². The molecule has 0 aromatic heterocycles. The minimum absolute atomic E-state index is 0. The summed E-state index contributed by atoms with van der Waals surface area (Å²) in [5.74, 6) is 0. The van der Waals surface area contributed by atoms with Crippen molar-refractivity contribution in [2.45, 2.75) is 13.0 Å². The molecule has 0 fully saturated rings. The van der Waals surface area contributed by atoms with Crippen molar-refractivity contribution in [2.75, 3.05) is 6.54 Å². The third-order valence-corrected chi connectivity index (χ3v) is 0.493. The molecular weight excluding hydrogens is 180 g/mol. The standard InChI is InChI=1S/C3H10N2.Cr.4O/c1-3(5)2-4;;;;;/h3H,2,4-5H2,1H3;;;;;/q;+6;4*-2/p+2/t3-;;;;;/m0...../s1. The molecule has 0 spiro atoms. The van der Waals surface area contributed by atoms with Gasteiger partial charge in [0.05, 0.1) is 0 Å². The van der Waals surface area contributed by atoms with E-state index in [-0.39, 0.29) is 39.3 Å². The molecule has 0 rings (SSSR count). The Hall–Kier alpha value is 0.292. The number of rotatable bonds is 1. The van der Waals surface area contributed by atoms with Crippen molar-refractivity contribution < 1.29 is 50.7 Å². The monoisotopic (exact) mass is 192 g/mol. The van der Waals surface area contributed by atoms with Crippen LogP contribution < -0.4 is 11.5 Å². The maximum absolute atomic E-state index is 3.69. The molecule has 0 unspecified atom stereocenters. The summed E-state index contributed by atoms with van der Waals surface area (Å²) in [5, 5.41) is 0. The molecule has 0 bridgehead atoms. The van der Waals surface area contributed by atoms with E-state index in [1.165, 1.54) is 0 Å². The van der Waals surface area contributed by atoms with Crippen LogP contribution in [-0.4, -0.2) is 12.6 Å². The zero-order valence-electron chi connectivity index (χ0n) is 5.74. The quantitative estimate of drug-likeness (QED) is 0.443. The average Bonchev–Trinajstić information content (AvgIpc) is 1.38. The van der Waals surface area contributed by atoms with Gasteiger partial charge in [-0.05, 0) is 6.92 Å². The third kappa shape index (κ3) is 83.9. The molecule has 0 heterocycles. The van der Waals surface area contributed by atoms with Gasteiger partial charge in [0.15, 0.2) is 0 Å². The van der Waals surface area contributed by atoms with Gasteiger partial charge in [-0.1, -0.05) is 0 Å². The molecule has 1 atom stereocenters. The van der Waals surface area contributed by atoms with Gasteiger partial charge >= 0.3 is 17.4 Å². The minimum Gasteiger partial charge on any atom is -2.00 e. The molecule has 64 valence electrons. The van der Waals surface area contributed by atoms with Crippen molar-refractivity contribution in [3.05, 3.63) is 0 Å². The molecule has 0 radical (unpaired) electrons. The van der Waals surface area contributed by atoms with Gasteiger partial charge in [-0.2, -0.15) is 0 Å². The van der Waals surface area contributed by atoms with Crippen LogP contribution in [0.15, 0.2) is 0 Å². The fourth-order valence-electron chi connectivity index (χ4n) is 0. The van der Waals surface area contributed by atoms with E-state index in [2.05, 4.69) is 11.5 Å². The summed E-state index contributed by atoms with van der Waals surface area (Å²) >= 11 is 0. The summed E-state index contributed by atoms with van der Waals surface area (Å²) in [6.07, 6.45) is 0. The van der Waals surface area contributed by atoms with E-state index in [4.69, 9.17) is 0 Å². The van der Waals surface area contributed by atoms with E-state index in [0.29, 0.717) is 6.04 Å². The largest absolute Gasteiger partial charge is 6.00 e. The van der Waals surface area contributed by atoms with Crippen molar-refractivity contribution in [1.82, 2.24) is 0 Å². The molecular formula is C3H12CrN2O4. The molecule has 0 amide bonds. The normalized spacial score (nSPS) is 7.50. The van der Waals surface area contributed by atoms with Crippen LogP contribution >= 0.6 is 0 Å². The van der Waals surface area contributed by atoms with Crippen molar-refractivity contribution >= 4 is 0 Å². The van der Waals surface area contributed by atoms with Crippen molar-refractivity contribution in [2.24, 2.45) is 0 Å². The van der Waals surface area contributed by atoms with Gasteiger partial charge in [0, 0.05) is 0 Å². The third-order valence-electron chi connectivity index (χ3n) is 0.493. The van der Waals surface area contributed by atoms with Crippen LogP contribution in [0.3, 0.4) is 0 Å². The minimum atomic E-state index is 0.